The molecule has 406 valence electrons. The van der Waals surface area contributed by atoms with Gasteiger partial charge in [-0.25, -0.2) is 4.79 Å². The average Bonchev–Trinajstić information content (AvgIpc) is 3.31. The SMILES string of the molecule is CCCCC/C=C\C/C=C\CCCCCCCCCCCC(=O)OC(COC(=O)CCCCCCCCCCCCCCCCCCCCCCCCCCC)COC(OCC[N+](C)(C)C)C(=O)O. The Morgan fingerprint density at radius 1 is 0.435 bits per heavy atom. The topological polar surface area (TPSA) is 108 Å². The van der Waals surface area contributed by atoms with Crippen molar-refractivity contribution in [2.45, 2.75) is 296 Å². The molecule has 0 aromatic heterocycles. The van der Waals surface area contributed by atoms with Gasteiger partial charge in [0.2, 0.25) is 0 Å². The fourth-order valence-corrected chi connectivity index (χ4v) is 8.63. The standard InChI is InChI=1S/C60H113NO8/c1-6-8-10-12-14-16-18-20-22-24-26-27-28-29-30-31-33-34-36-38-40-42-44-46-48-50-57(62)67-54-56(55-68-60(59(64)65)66-53-52-61(3,4)5)69-58(63)51-49-47-45-43-41-39-37-35-32-25-23-21-19-17-15-13-11-9-7-2/h15,17,21,23,56,60H,6-14,16,18-20,22,24-55H2,1-5H3/p+1/b17-15-,23-21-. The summed E-state index contributed by atoms with van der Waals surface area (Å²) in [7, 11) is 5.97. The van der Waals surface area contributed by atoms with Crippen LogP contribution in [0.15, 0.2) is 24.3 Å². The van der Waals surface area contributed by atoms with E-state index in [9.17, 15) is 19.5 Å². The molecule has 1 N–H and O–H groups in total. The Morgan fingerprint density at radius 3 is 1.17 bits per heavy atom. The van der Waals surface area contributed by atoms with Crippen molar-refractivity contribution >= 4 is 17.9 Å². The number of hydrogen-bond donors (Lipinski definition) is 1. The zero-order valence-corrected chi connectivity index (χ0v) is 46.2. The number of ether oxygens (including phenoxy) is 4. The summed E-state index contributed by atoms with van der Waals surface area (Å²) in [6, 6.07) is 0. The van der Waals surface area contributed by atoms with E-state index in [-0.39, 0.29) is 32.2 Å². The molecule has 2 atom stereocenters. The first-order valence-electron chi connectivity index (χ1n) is 29.5. The monoisotopic (exact) mass is 977 g/mol. The maximum Gasteiger partial charge on any atom is 0.361 e. The van der Waals surface area contributed by atoms with E-state index in [1.807, 2.05) is 21.1 Å². The third-order valence-electron chi connectivity index (χ3n) is 13.2. The number of aliphatic carboxylic acids is 1. The van der Waals surface area contributed by atoms with Gasteiger partial charge in [-0.2, -0.15) is 0 Å². The Hall–Kier alpha value is -2.23. The minimum Gasteiger partial charge on any atom is -0.477 e. The first-order valence-corrected chi connectivity index (χ1v) is 29.5. The van der Waals surface area contributed by atoms with Gasteiger partial charge in [-0.15, -0.1) is 0 Å². The predicted molar refractivity (Wildman–Crippen MR) is 291 cm³/mol. The third kappa shape index (κ3) is 53.4. The summed E-state index contributed by atoms with van der Waals surface area (Å²) in [5.41, 5.74) is 0. The Kier molecular flexibility index (Phi) is 50.4. The Labute approximate surface area is 427 Å². The first kappa shape index (κ1) is 66.8. The molecule has 0 heterocycles. The number of unbranched alkanes of at least 4 members (excludes halogenated alkanes) is 36. The number of carboxylic acid groups (broad SMARTS) is 1. The highest BCUT2D eigenvalue weighted by Crippen LogP contribution is 2.17. The minimum atomic E-state index is -1.51. The van der Waals surface area contributed by atoms with Gasteiger partial charge in [0.25, 0.3) is 6.29 Å². The highest BCUT2D eigenvalue weighted by atomic mass is 16.7. The summed E-state index contributed by atoms with van der Waals surface area (Å²) < 4.78 is 22.9. The lowest BCUT2D eigenvalue weighted by molar-refractivity contribution is -0.870. The van der Waals surface area contributed by atoms with E-state index < -0.39 is 24.3 Å². The molecule has 0 aliphatic rings. The lowest BCUT2D eigenvalue weighted by Gasteiger charge is -2.25. The van der Waals surface area contributed by atoms with Crippen molar-refractivity contribution < 1.29 is 42.9 Å². The number of carbonyl (C=O) groups excluding carboxylic acids is 2. The molecule has 0 aromatic rings. The van der Waals surface area contributed by atoms with Crippen LogP contribution >= 0.6 is 0 Å². The summed E-state index contributed by atoms with van der Waals surface area (Å²) in [5.74, 6) is -1.99. The molecule has 9 heteroatoms. The molecule has 0 radical (unpaired) electrons. The number of likely N-dealkylation sites (N-methyl/N-ethyl adjacent to an activating group) is 1. The minimum absolute atomic E-state index is 0.179. The predicted octanol–water partition coefficient (Wildman–Crippen LogP) is 17.1. The molecule has 0 amide bonds. The van der Waals surface area contributed by atoms with Crippen molar-refractivity contribution in [1.82, 2.24) is 0 Å². The molecule has 9 nitrogen and oxygen atoms in total. The zero-order chi connectivity index (χ0) is 50.6. The van der Waals surface area contributed by atoms with Crippen LogP contribution in [0, 0.1) is 0 Å². The van der Waals surface area contributed by atoms with Crippen LogP contribution < -0.4 is 0 Å². The van der Waals surface area contributed by atoms with E-state index in [0.29, 0.717) is 17.4 Å². The lowest BCUT2D eigenvalue weighted by Crippen LogP contribution is -2.40. The summed E-state index contributed by atoms with van der Waals surface area (Å²) in [5, 5.41) is 9.70. The normalized spacial score (nSPS) is 12.9. The van der Waals surface area contributed by atoms with Crippen LogP contribution in [-0.2, 0) is 33.3 Å². The van der Waals surface area contributed by atoms with Crippen molar-refractivity contribution in [2.75, 3.05) is 47.5 Å². The summed E-state index contributed by atoms with van der Waals surface area (Å²) in [6.07, 6.45) is 58.3. The maximum absolute atomic E-state index is 12.9. The second-order valence-corrected chi connectivity index (χ2v) is 21.3. The van der Waals surface area contributed by atoms with Crippen LogP contribution in [0.25, 0.3) is 0 Å². The van der Waals surface area contributed by atoms with E-state index >= 15 is 0 Å². The number of nitrogens with zero attached hydrogens (tertiary/aromatic N) is 1. The largest absolute Gasteiger partial charge is 0.477 e. The Bertz CT molecular complexity index is 1180. The van der Waals surface area contributed by atoms with Gasteiger partial charge in [0.15, 0.2) is 6.10 Å². The second-order valence-electron chi connectivity index (χ2n) is 21.3. The average molecular weight is 978 g/mol. The Balaban J connectivity index is 4.18. The van der Waals surface area contributed by atoms with Gasteiger partial charge in [-0.1, -0.05) is 250 Å². The summed E-state index contributed by atoms with van der Waals surface area (Å²) in [4.78, 5) is 37.4. The molecule has 69 heavy (non-hydrogen) atoms. The van der Waals surface area contributed by atoms with Gasteiger partial charge >= 0.3 is 17.9 Å². The highest BCUT2D eigenvalue weighted by molar-refractivity contribution is 5.71. The van der Waals surface area contributed by atoms with Gasteiger partial charge in [0.05, 0.1) is 34.4 Å². The highest BCUT2D eigenvalue weighted by Gasteiger charge is 2.25. The van der Waals surface area contributed by atoms with Gasteiger partial charge < -0.3 is 28.5 Å². The van der Waals surface area contributed by atoms with Crippen LogP contribution in [-0.4, -0.2) is 87.4 Å². The molecule has 0 rings (SSSR count). The van der Waals surface area contributed by atoms with E-state index in [1.165, 1.54) is 205 Å². The van der Waals surface area contributed by atoms with Gasteiger partial charge in [0.1, 0.15) is 13.2 Å². The molecule has 0 aliphatic heterocycles. The smallest absolute Gasteiger partial charge is 0.361 e. The fraction of sp³-hybridized carbons (Fsp3) is 0.883. The van der Waals surface area contributed by atoms with Crippen LogP contribution in [0.4, 0.5) is 0 Å². The molecule has 2 unspecified atom stereocenters. The molecule has 0 aliphatic carbocycles. The zero-order valence-electron chi connectivity index (χ0n) is 46.2. The van der Waals surface area contributed by atoms with E-state index in [2.05, 4.69) is 38.2 Å². The van der Waals surface area contributed by atoms with Crippen molar-refractivity contribution in [2.24, 2.45) is 0 Å². The maximum atomic E-state index is 12.9. The summed E-state index contributed by atoms with van der Waals surface area (Å²) in [6.45, 7) is 4.90. The molecular formula is C60H114NO8+. The molecular weight excluding hydrogens is 863 g/mol. The van der Waals surface area contributed by atoms with Gasteiger partial charge in [0, 0.05) is 12.8 Å². The molecule has 0 bridgehead atoms. The number of allylic oxidation sites excluding steroid dienone is 4. The summed E-state index contributed by atoms with van der Waals surface area (Å²) >= 11 is 0. The number of carbonyl (C=O) groups is 3. The molecule has 0 saturated heterocycles. The Morgan fingerprint density at radius 2 is 0.783 bits per heavy atom. The molecule has 0 aromatic carbocycles. The van der Waals surface area contributed by atoms with Gasteiger partial charge in [-0.05, 0) is 44.9 Å². The quantitative estimate of drug-likeness (QED) is 0.0211. The number of rotatable bonds is 55. The van der Waals surface area contributed by atoms with Gasteiger partial charge in [-0.3, -0.25) is 9.59 Å². The first-order chi connectivity index (χ1) is 33.6. The van der Waals surface area contributed by atoms with Crippen molar-refractivity contribution in [3.63, 3.8) is 0 Å². The third-order valence-corrected chi connectivity index (χ3v) is 13.2. The molecule has 0 fully saturated rings. The van der Waals surface area contributed by atoms with Crippen molar-refractivity contribution in [3.8, 4) is 0 Å². The van der Waals surface area contributed by atoms with Crippen LogP contribution in [0.3, 0.4) is 0 Å². The number of esters is 2. The van der Waals surface area contributed by atoms with E-state index in [0.717, 1.165) is 51.4 Å². The number of carboxylic acids is 1. The molecule has 0 spiro atoms. The van der Waals surface area contributed by atoms with Crippen LogP contribution in [0.2, 0.25) is 0 Å². The lowest BCUT2D eigenvalue weighted by atomic mass is 10.0. The van der Waals surface area contributed by atoms with E-state index in [4.69, 9.17) is 18.9 Å². The fourth-order valence-electron chi connectivity index (χ4n) is 8.63. The molecule has 0 saturated carbocycles. The van der Waals surface area contributed by atoms with Crippen molar-refractivity contribution in [1.29, 1.82) is 0 Å². The van der Waals surface area contributed by atoms with Crippen molar-refractivity contribution in [3.05, 3.63) is 24.3 Å². The van der Waals surface area contributed by atoms with Crippen LogP contribution in [0.5, 0.6) is 0 Å². The number of quaternary nitrogens is 1. The number of hydrogen-bond acceptors (Lipinski definition) is 7. The van der Waals surface area contributed by atoms with Crippen LogP contribution in [0.1, 0.15) is 284 Å². The van der Waals surface area contributed by atoms with E-state index in [1.54, 1.807) is 0 Å². The second kappa shape index (κ2) is 52.1.